The van der Waals surface area contributed by atoms with E-state index in [0.717, 1.165) is 0 Å². The number of halogens is 2. The second kappa shape index (κ2) is 5.42. The molecule has 0 saturated heterocycles. The smallest absolute Gasteiger partial charge is 0.144 e. The minimum atomic E-state index is -0.365. The zero-order chi connectivity index (χ0) is 10.4. The van der Waals surface area contributed by atoms with E-state index < -0.39 is 0 Å². The van der Waals surface area contributed by atoms with Crippen molar-refractivity contribution < 1.29 is 13.5 Å². The highest BCUT2D eigenvalue weighted by atomic mass is 19.1. The predicted molar refractivity (Wildman–Crippen MR) is 52.0 cm³/mol. The van der Waals surface area contributed by atoms with Crippen molar-refractivity contribution in [3.8, 4) is 5.75 Å². The monoisotopic (exact) mass is 201 g/mol. The molecule has 14 heavy (non-hydrogen) atoms. The number of rotatable bonds is 5. The topological polar surface area (TPSA) is 21.3 Å². The summed E-state index contributed by atoms with van der Waals surface area (Å²) in [5.74, 6) is 0.0850. The molecule has 0 radical (unpaired) electrons. The summed E-state index contributed by atoms with van der Waals surface area (Å²) in [6.07, 6.45) is 0.431. The van der Waals surface area contributed by atoms with Gasteiger partial charge >= 0.3 is 0 Å². The minimum Gasteiger partial charge on any atom is -0.494 e. The second-order valence-corrected chi connectivity index (χ2v) is 2.81. The zero-order valence-electron chi connectivity index (χ0n) is 8.02. The average Bonchev–Trinajstić information content (AvgIpc) is 2.20. The van der Waals surface area contributed by atoms with Crippen LogP contribution < -0.4 is 10.1 Å². The van der Waals surface area contributed by atoms with Crippen molar-refractivity contribution >= 4 is 5.69 Å². The fraction of sp³-hybridized carbons (Fsp3) is 0.400. The van der Waals surface area contributed by atoms with Crippen molar-refractivity contribution in [1.29, 1.82) is 0 Å². The van der Waals surface area contributed by atoms with Crippen LogP contribution in [0.4, 0.5) is 14.5 Å². The van der Waals surface area contributed by atoms with Crippen LogP contribution >= 0.6 is 0 Å². The average molecular weight is 201 g/mol. The van der Waals surface area contributed by atoms with Crippen LogP contribution in [0.1, 0.15) is 6.42 Å². The van der Waals surface area contributed by atoms with Gasteiger partial charge in [-0.2, -0.15) is 0 Å². The molecule has 78 valence electrons. The first kappa shape index (κ1) is 10.8. The first-order valence-electron chi connectivity index (χ1n) is 4.41. The molecule has 0 unspecified atom stereocenters. The number of nitrogens with one attached hydrogen (secondary N) is 1. The summed E-state index contributed by atoms with van der Waals surface area (Å²) in [6, 6.07) is 4.20. The Kier molecular flexibility index (Phi) is 4.16. The molecule has 0 aromatic heterocycles. The lowest BCUT2D eigenvalue weighted by molar-refractivity contribution is 0.412. The van der Waals surface area contributed by atoms with Crippen LogP contribution in [-0.2, 0) is 0 Å². The fourth-order valence-corrected chi connectivity index (χ4v) is 1.10. The molecule has 1 aromatic rings. The molecular formula is C10H13F2NO. The van der Waals surface area contributed by atoms with E-state index in [1.807, 2.05) is 0 Å². The number of benzene rings is 1. The molecule has 4 heteroatoms. The second-order valence-electron chi connectivity index (χ2n) is 2.81. The lowest BCUT2D eigenvalue weighted by Gasteiger charge is -2.10. The van der Waals surface area contributed by atoms with Crippen LogP contribution in [-0.4, -0.2) is 20.3 Å². The first-order valence-corrected chi connectivity index (χ1v) is 4.41. The van der Waals surface area contributed by atoms with E-state index in [0.29, 0.717) is 24.4 Å². The van der Waals surface area contributed by atoms with Crippen molar-refractivity contribution in [3.63, 3.8) is 0 Å². The van der Waals surface area contributed by atoms with Crippen LogP contribution in [0.3, 0.4) is 0 Å². The van der Waals surface area contributed by atoms with E-state index in [1.54, 1.807) is 6.07 Å². The maximum absolute atomic E-state index is 12.8. The van der Waals surface area contributed by atoms with Crippen LogP contribution in [0.15, 0.2) is 18.2 Å². The highest BCUT2D eigenvalue weighted by Crippen LogP contribution is 2.24. The van der Waals surface area contributed by atoms with Gasteiger partial charge in [0.15, 0.2) is 0 Å². The molecule has 0 atom stereocenters. The van der Waals surface area contributed by atoms with Crippen molar-refractivity contribution in [3.05, 3.63) is 24.0 Å². The van der Waals surface area contributed by atoms with Gasteiger partial charge in [0.25, 0.3) is 0 Å². The molecule has 0 aliphatic rings. The predicted octanol–water partition coefficient (Wildman–Crippen LogP) is 2.61. The summed E-state index contributed by atoms with van der Waals surface area (Å²) in [6.45, 7) is 0.148. The van der Waals surface area contributed by atoms with E-state index in [1.165, 1.54) is 19.2 Å². The van der Waals surface area contributed by atoms with Gasteiger partial charge in [-0.1, -0.05) is 0 Å². The van der Waals surface area contributed by atoms with Crippen molar-refractivity contribution in [2.45, 2.75) is 6.42 Å². The SMILES string of the molecule is COc1cc(F)ccc1NCCCF. The van der Waals surface area contributed by atoms with Crippen molar-refractivity contribution in [2.24, 2.45) is 0 Å². The van der Waals surface area contributed by atoms with Gasteiger partial charge in [-0.3, -0.25) is 4.39 Å². The molecule has 2 nitrogen and oxygen atoms in total. The molecule has 0 saturated carbocycles. The largest absolute Gasteiger partial charge is 0.494 e. The number of methoxy groups -OCH3 is 1. The summed E-state index contributed by atoms with van der Waals surface area (Å²) < 4.78 is 29.5. The van der Waals surface area contributed by atoms with Gasteiger partial charge in [0.05, 0.1) is 19.5 Å². The van der Waals surface area contributed by atoms with E-state index in [9.17, 15) is 8.78 Å². The van der Waals surface area contributed by atoms with Gasteiger partial charge < -0.3 is 10.1 Å². The Morgan fingerprint density at radius 2 is 2.21 bits per heavy atom. The van der Waals surface area contributed by atoms with Gasteiger partial charge in [-0.25, -0.2) is 4.39 Å². The Morgan fingerprint density at radius 1 is 1.43 bits per heavy atom. The van der Waals surface area contributed by atoms with Crippen LogP contribution in [0.25, 0.3) is 0 Å². The lowest BCUT2D eigenvalue weighted by Crippen LogP contribution is -2.03. The molecule has 0 fully saturated rings. The highest BCUT2D eigenvalue weighted by Gasteiger charge is 2.02. The van der Waals surface area contributed by atoms with Crippen molar-refractivity contribution in [2.75, 3.05) is 25.6 Å². The standard InChI is InChI=1S/C10H13F2NO/c1-14-10-7-8(12)3-4-9(10)13-6-2-5-11/h3-4,7,13H,2,5-6H2,1H3. The molecule has 0 spiro atoms. The number of anilines is 1. The summed E-state index contributed by atoms with van der Waals surface area (Å²) in [4.78, 5) is 0. The van der Waals surface area contributed by atoms with Crippen molar-refractivity contribution in [1.82, 2.24) is 0 Å². The molecule has 1 N–H and O–H groups in total. The molecule has 0 bridgehead atoms. The normalized spacial score (nSPS) is 9.93. The molecule has 0 heterocycles. The third kappa shape index (κ3) is 2.87. The summed E-state index contributed by atoms with van der Waals surface area (Å²) >= 11 is 0. The summed E-state index contributed by atoms with van der Waals surface area (Å²) in [5.41, 5.74) is 0.683. The van der Waals surface area contributed by atoms with Crippen LogP contribution in [0.5, 0.6) is 5.75 Å². The summed E-state index contributed by atoms with van der Waals surface area (Å²) in [5, 5.41) is 2.96. The summed E-state index contributed by atoms with van der Waals surface area (Å²) in [7, 11) is 1.47. The Bertz CT molecular complexity index is 291. The Morgan fingerprint density at radius 3 is 2.86 bits per heavy atom. The molecule has 1 rings (SSSR count). The van der Waals surface area contributed by atoms with Gasteiger partial charge in [-0.05, 0) is 18.6 Å². The molecule has 1 aromatic carbocycles. The first-order chi connectivity index (χ1) is 6.77. The maximum atomic E-state index is 12.8. The third-order valence-electron chi connectivity index (χ3n) is 1.79. The van der Waals surface area contributed by atoms with Crippen LogP contribution in [0.2, 0.25) is 0 Å². The third-order valence-corrected chi connectivity index (χ3v) is 1.79. The number of hydrogen-bond acceptors (Lipinski definition) is 2. The zero-order valence-corrected chi connectivity index (χ0v) is 8.02. The van der Waals surface area contributed by atoms with Gasteiger partial charge in [0.2, 0.25) is 0 Å². The van der Waals surface area contributed by atoms with E-state index in [2.05, 4.69) is 5.32 Å². The molecular weight excluding hydrogens is 188 g/mol. The quantitative estimate of drug-likeness (QED) is 0.739. The Labute approximate surface area is 81.9 Å². The number of alkyl halides is 1. The Balaban J connectivity index is 2.65. The fourth-order valence-electron chi connectivity index (χ4n) is 1.10. The lowest BCUT2D eigenvalue weighted by atomic mass is 10.2. The van der Waals surface area contributed by atoms with Gasteiger partial charge in [0, 0.05) is 12.6 Å². The molecule has 0 aliphatic heterocycles. The number of ether oxygens (including phenoxy) is 1. The maximum Gasteiger partial charge on any atom is 0.144 e. The number of hydrogen-bond donors (Lipinski definition) is 1. The van der Waals surface area contributed by atoms with Gasteiger partial charge in [-0.15, -0.1) is 0 Å². The minimum absolute atomic E-state index is 0.349. The van der Waals surface area contributed by atoms with Crippen LogP contribution in [0, 0.1) is 5.82 Å². The van der Waals surface area contributed by atoms with Gasteiger partial charge in [0.1, 0.15) is 11.6 Å². The molecule has 0 aliphatic carbocycles. The Hall–Kier alpha value is -1.32. The highest BCUT2D eigenvalue weighted by molar-refractivity contribution is 5.56. The van der Waals surface area contributed by atoms with E-state index >= 15 is 0 Å². The van der Waals surface area contributed by atoms with E-state index in [-0.39, 0.29) is 12.5 Å². The molecule has 0 amide bonds. The van der Waals surface area contributed by atoms with E-state index in [4.69, 9.17) is 4.74 Å².